The first-order chi connectivity index (χ1) is 7.04. The van der Waals surface area contributed by atoms with Crippen LogP contribution in [0.15, 0.2) is 0 Å². The number of carbonyl (C=O) groups is 1. The molecule has 0 fully saturated rings. The van der Waals surface area contributed by atoms with E-state index in [4.69, 9.17) is 23.2 Å². The van der Waals surface area contributed by atoms with Gasteiger partial charge in [0.05, 0.1) is 0 Å². The van der Waals surface area contributed by atoms with E-state index in [2.05, 4.69) is 22.2 Å². The van der Waals surface area contributed by atoms with Crippen LogP contribution in [-0.2, 0) is 0 Å². The van der Waals surface area contributed by atoms with E-state index in [0.29, 0.717) is 0 Å². The van der Waals surface area contributed by atoms with Gasteiger partial charge in [-0.05, 0) is 13.3 Å². The third-order valence-electron chi connectivity index (χ3n) is 1.93. The highest BCUT2D eigenvalue weighted by Crippen LogP contribution is 2.17. The summed E-state index contributed by atoms with van der Waals surface area (Å²) in [5.41, 5.74) is 0. The molecule has 0 aliphatic carbocycles. The number of imidazole rings is 1. The number of aromatic amines is 1. The molecule has 0 aliphatic heterocycles. The van der Waals surface area contributed by atoms with E-state index in [1.807, 2.05) is 6.92 Å². The lowest BCUT2D eigenvalue weighted by atomic mass is 10.2. The van der Waals surface area contributed by atoms with Gasteiger partial charge in [0.2, 0.25) is 0 Å². The number of hydrogen-bond acceptors (Lipinski definition) is 2. The Hall–Kier alpha value is -0.740. The molecule has 1 amide bonds. The maximum Gasteiger partial charge on any atom is 0.287 e. The van der Waals surface area contributed by atoms with E-state index in [1.165, 1.54) is 0 Å². The van der Waals surface area contributed by atoms with Crippen LogP contribution in [0.3, 0.4) is 0 Å². The Morgan fingerprint density at radius 2 is 2.27 bits per heavy atom. The second-order valence-corrected chi connectivity index (χ2v) is 4.09. The van der Waals surface area contributed by atoms with E-state index in [1.54, 1.807) is 0 Å². The van der Waals surface area contributed by atoms with Crippen LogP contribution in [0.25, 0.3) is 0 Å². The monoisotopic (exact) mass is 249 g/mol. The van der Waals surface area contributed by atoms with Crippen LogP contribution in [0.1, 0.15) is 37.3 Å². The van der Waals surface area contributed by atoms with Crippen LogP contribution in [0.4, 0.5) is 0 Å². The van der Waals surface area contributed by atoms with Gasteiger partial charge in [-0.15, -0.1) is 0 Å². The smallest absolute Gasteiger partial charge is 0.287 e. The number of halogens is 2. The van der Waals surface area contributed by atoms with Crippen molar-refractivity contribution in [3.8, 4) is 0 Å². The zero-order valence-corrected chi connectivity index (χ0v) is 10.1. The Balaban J connectivity index is 2.61. The summed E-state index contributed by atoms with van der Waals surface area (Å²) in [5, 5.41) is 3.09. The Labute approximate surface area is 98.4 Å². The molecule has 4 nitrogen and oxygen atoms in total. The maximum absolute atomic E-state index is 11.6. The number of amides is 1. The number of nitrogens with zero attached hydrogens (tertiary/aromatic N) is 1. The molecule has 15 heavy (non-hydrogen) atoms. The molecule has 0 saturated carbocycles. The average Bonchev–Trinajstić information content (AvgIpc) is 2.47. The van der Waals surface area contributed by atoms with Crippen LogP contribution in [0.2, 0.25) is 10.3 Å². The largest absolute Gasteiger partial charge is 0.347 e. The molecule has 0 spiro atoms. The molecule has 1 aromatic rings. The van der Waals surface area contributed by atoms with Crippen LogP contribution in [0, 0.1) is 0 Å². The van der Waals surface area contributed by atoms with Crippen molar-refractivity contribution in [2.75, 3.05) is 0 Å². The molecule has 84 valence electrons. The van der Waals surface area contributed by atoms with E-state index >= 15 is 0 Å². The second kappa shape index (κ2) is 5.37. The van der Waals surface area contributed by atoms with Crippen molar-refractivity contribution in [3.05, 3.63) is 16.1 Å². The Kier molecular flexibility index (Phi) is 4.42. The van der Waals surface area contributed by atoms with Crippen molar-refractivity contribution in [3.63, 3.8) is 0 Å². The van der Waals surface area contributed by atoms with Crippen LogP contribution >= 0.6 is 23.2 Å². The van der Waals surface area contributed by atoms with Crippen molar-refractivity contribution < 1.29 is 4.79 Å². The van der Waals surface area contributed by atoms with Gasteiger partial charge in [0, 0.05) is 6.04 Å². The summed E-state index contributed by atoms with van der Waals surface area (Å²) in [7, 11) is 0. The fraction of sp³-hybridized carbons (Fsp3) is 0.556. The fourth-order valence-corrected chi connectivity index (χ4v) is 1.50. The molecule has 0 radical (unpaired) electrons. The van der Waals surface area contributed by atoms with Crippen molar-refractivity contribution in [1.29, 1.82) is 0 Å². The molecule has 1 unspecified atom stereocenters. The molecular weight excluding hydrogens is 237 g/mol. The summed E-state index contributed by atoms with van der Waals surface area (Å²) in [5.74, 6) is -0.141. The maximum atomic E-state index is 11.6. The predicted octanol–water partition coefficient (Wildman–Crippen LogP) is 2.63. The summed E-state index contributed by atoms with van der Waals surface area (Å²) in [6.07, 6.45) is 1.94. The van der Waals surface area contributed by atoms with Crippen LogP contribution in [0.5, 0.6) is 0 Å². The van der Waals surface area contributed by atoms with Crippen LogP contribution < -0.4 is 5.32 Å². The number of hydrogen-bond donors (Lipinski definition) is 2. The first-order valence-corrected chi connectivity index (χ1v) is 5.52. The third kappa shape index (κ3) is 3.39. The lowest BCUT2D eigenvalue weighted by Gasteiger charge is -2.10. The average molecular weight is 250 g/mol. The Morgan fingerprint density at radius 3 is 2.73 bits per heavy atom. The summed E-state index contributed by atoms with van der Waals surface area (Å²) < 4.78 is 0. The minimum Gasteiger partial charge on any atom is -0.347 e. The van der Waals surface area contributed by atoms with Gasteiger partial charge in [-0.1, -0.05) is 36.5 Å². The highest BCUT2D eigenvalue weighted by molar-refractivity contribution is 6.40. The molecule has 0 bridgehead atoms. The SMILES string of the molecule is CCCC(C)NC(=O)c1nc(Cl)c(Cl)[nH]1. The summed E-state index contributed by atoms with van der Waals surface area (Å²) in [4.78, 5) is 18.0. The molecule has 1 atom stereocenters. The topological polar surface area (TPSA) is 57.8 Å². The molecular formula is C9H13Cl2N3O. The summed E-state index contributed by atoms with van der Waals surface area (Å²) in [6.45, 7) is 4.00. The number of nitrogens with one attached hydrogen (secondary N) is 2. The van der Waals surface area contributed by atoms with Gasteiger partial charge in [0.25, 0.3) is 5.91 Å². The number of H-pyrrole nitrogens is 1. The van der Waals surface area contributed by atoms with Crippen molar-refractivity contribution in [2.24, 2.45) is 0 Å². The molecule has 0 saturated heterocycles. The van der Waals surface area contributed by atoms with Gasteiger partial charge in [0.15, 0.2) is 11.0 Å². The Bertz CT molecular complexity index is 332. The van der Waals surface area contributed by atoms with Gasteiger partial charge >= 0.3 is 0 Å². The normalized spacial score (nSPS) is 12.5. The molecule has 1 aromatic heterocycles. The lowest BCUT2D eigenvalue weighted by Crippen LogP contribution is -2.33. The van der Waals surface area contributed by atoms with Crippen LogP contribution in [-0.4, -0.2) is 21.9 Å². The third-order valence-corrected chi connectivity index (χ3v) is 2.58. The minimum atomic E-state index is -0.287. The molecule has 6 heteroatoms. The second-order valence-electron chi connectivity index (χ2n) is 3.35. The molecule has 0 aromatic carbocycles. The van der Waals surface area contributed by atoms with Crippen molar-refractivity contribution >= 4 is 29.1 Å². The fourth-order valence-electron chi connectivity index (χ4n) is 1.24. The highest BCUT2D eigenvalue weighted by atomic mass is 35.5. The van der Waals surface area contributed by atoms with Gasteiger partial charge in [-0.25, -0.2) is 4.98 Å². The number of rotatable bonds is 4. The van der Waals surface area contributed by atoms with E-state index < -0.39 is 0 Å². The first-order valence-electron chi connectivity index (χ1n) is 4.76. The van der Waals surface area contributed by atoms with Crippen molar-refractivity contribution in [1.82, 2.24) is 15.3 Å². The van der Waals surface area contributed by atoms with Gasteiger partial charge in [-0.3, -0.25) is 4.79 Å². The Morgan fingerprint density at radius 1 is 1.60 bits per heavy atom. The zero-order chi connectivity index (χ0) is 11.4. The number of aromatic nitrogens is 2. The lowest BCUT2D eigenvalue weighted by molar-refractivity contribution is 0.0929. The van der Waals surface area contributed by atoms with Crippen molar-refractivity contribution in [2.45, 2.75) is 32.7 Å². The predicted molar refractivity (Wildman–Crippen MR) is 60.4 cm³/mol. The summed E-state index contributed by atoms with van der Waals surface area (Å²) >= 11 is 11.3. The van der Waals surface area contributed by atoms with E-state index in [-0.39, 0.29) is 28.1 Å². The zero-order valence-electron chi connectivity index (χ0n) is 8.60. The molecule has 2 N–H and O–H groups in total. The minimum absolute atomic E-state index is 0.116. The summed E-state index contributed by atoms with van der Waals surface area (Å²) in [6, 6.07) is 0.116. The van der Waals surface area contributed by atoms with Gasteiger partial charge in [0.1, 0.15) is 5.15 Å². The van der Waals surface area contributed by atoms with Gasteiger partial charge in [-0.2, -0.15) is 0 Å². The van der Waals surface area contributed by atoms with E-state index in [0.717, 1.165) is 12.8 Å². The highest BCUT2D eigenvalue weighted by Gasteiger charge is 2.14. The van der Waals surface area contributed by atoms with Gasteiger partial charge < -0.3 is 10.3 Å². The molecule has 1 rings (SSSR count). The van der Waals surface area contributed by atoms with E-state index in [9.17, 15) is 4.79 Å². The molecule has 0 aliphatic rings. The quantitative estimate of drug-likeness (QED) is 0.862. The molecule has 1 heterocycles. The number of carbonyl (C=O) groups excluding carboxylic acids is 1. The first kappa shape index (κ1) is 12.3. The standard InChI is InChI=1S/C9H13Cl2N3O/c1-3-4-5(2)12-9(15)8-13-6(10)7(11)14-8/h5H,3-4H2,1-2H3,(H,12,15)(H,13,14).